The second kappa shape index (κ2) is 5.93. The third-order valence-electron chi connectivity index (χ3n) is 3.40. The number of benzene rings is 2. The summed E-state index contributed by atoms with van der Waals surface area (Å²) in [5, 5.41) is 0. The van der Waals surface area contributed by atoms with Gasteiger partial charge in [-0.2, -0.15) is 0 Å². The predicted octanol–water partition coefficient (Wildman–Crippen LogP) is 3.56. The summed E-state index contributed by atoms with van der Waals surface area (Å²) in [6.45, 7) is 2.40. The van der Waals surface area contributed by atoms with E-state index >= 15 is 0 Å². The quantitative estimate of drug-likeness (QED) is 0.894. The molecule has 0 aliphatic carbocycles. The summed E-state index contributed by atoms with van der Waals surface area (Å²) in [7, 11) is 0. The smallest absolute Gasteiger partial charge is 0.123 e. The van der Waals surface area contributed by atoms with Crippen molar-refractivity contribution in [2.75, 3.05) is 6.54 Å². The van der Waals surface area contributed by atoms with Crippen molar-refractivity contribution in [3.8, 4) is 0 Å². The molecule has 0 heterocycles. The Labute approximate surface area is 112 Å². The molecule has 2 aromatic carbocycles. The Bertz CT molecular complexity index is 549. The molecule has 2 rings (SSSR count). The molecule has 100 valence electrons. The topological polar surface area (TPSA) is 26.0 Å². The molecule has 0 fully saturated rings. The van der Waals surface area contributed by atoms with Gasteiger partial charge in [-0.15, -0.1) is 0 Å². The maximum absolute atomic E-state index is 13.3. The van der Waals surface area contributed by atoms with Gasteiger partial charge in [-0.25, -0.2) is 8.78 Å². The summed E-state index contributed by atoms with van der Waals surface area (Å²) in [4.78, 5) is 0. The van der Waals surface area contributed by atoms with Crippen LogP contribution in [0.15, 0.2) is 42.5 Å². The average Bonchev–Trinajstić information content (AvgIpc) is 2.41. The first kappa shape index (κ1) is 13.7. The third-order valence-corrected chi connectivity index (χ3v) is 3.40. The van der Waals surface area contributed by atoms with Crippen molar-refractivity contribution in [2.45, 2.75) is 19.3 Å². The molecule has 19 heavy (non-hydrogen) atoms. The molecule has 2 aromatic rings. The van der Waals surface area contributed by atoms with Crippen LogP contribution in [0.2, 0.25) is 0 Å². The van der Waals surface area contributed by atoms with E-state index in [0.29, 0.717) is 13.0 Å². The molecule has 3 heteroatoms. The van der Waals surface area contributed by atoms with Gasteiger partial charge in [0.05, 0.1) is 0 Å². The van der Waals surface area contributed by atoms with Gasteiger partial charge in [-0.1, -0.05) is 18.2 Å². The standard InChI is InChI=1S/C16H17F2N/c1-11-2-5-16(18)9-13(11)8-14(10-19)12-3-6-15(17)7-4-12/h2-7,9,14H,8,10,19H2,1H3. The molecule has 0 radical (unpaired) electrons. The van der Waals surface area contributed by atoms with Crippen LogP contribution in [0.25, 0.3) is 0 Å². The molecule has 0 aliphatic heterocycles. The van der Waals surface area contributed by atoms with Gasteiger partial charge >= 0.3 is 0 Å². The maximum atomic E-state index is 13.3. The first-order valence-corrected chi connectivity index (χ1v) is 6.30. The van der Waals surface area contributed by atoms with Crippen molar-refractivity contribution in [2.24, 2.45) is 5.73 Å². The number of rotatable bonds is 4. The van der Waals surface area contributed by atoms with Gasteiger partial charge in [0.1, 0.15) is 11.6 Å². The lowest BCUT2D eigenvalue weighted by Gasteiger charge is -2.17. The van der Waals surface area contributed by atoms with Gasteiger partial charge in [0, 0.05) is 5.92 Å². The van der Waals surface area contributed by atoms with E-state index in [1.807, 2.05) is 6.92 Å². The molecule has 0 aromatic heterocycles. The molecule has 0 spiro atoms. The van der Waals surface area contributed by atoms with Crippen molar-refractivity contribution in [1.29, 1.82) is 0 Å². The molecular formula is C16H17F2N. The summed E-state index contributed by atoms with van der Waals surface area (Å²) < 4.78 is 26.2. The highest BCUT2D eigenvalue weighted by molar-refractivity contribution is 5.30. The lowest BCUT2D eigenvalue weighted by Crippen LogP contribution is -2.15. The first-order valence-electron chi connectivity index (χ1n) is 6.30. The molecule has 0 aliphatic rings. The molecule has 0 bridgehead atoms. The maximum Gasteiger partial charge on any atom is 0.123 e. The van der Waals surface area contributed by atoms with Crippen molar-refractivity contribution in [3.63, 3.8) is 0 Å². The summed E-state index contributed by atoms with van der Waals surface area (Å²) >= 11 is 0. The molecule has 2 N–H and O–H groups in total. The minimum absolute atomic E-state index is 0.0705. The van der Waals surface area contributed by atoms with E-state index in [1.165, 1.54) is 18.2 Å². The van der Waals surface area contributed by atoms with Gasteiger partial charge in [-0.05, 0) is 60.8 Å². The van der Waals surface area contributed by atoms with Crippen LogP contribution in [0.3, 0.4) is 0 Å². The lowest BCUT2D eigenvalue weighted by atomic mass is 9.90. The Balaban J connectivity index is 2.23. The van der Waals surface area contributed by atoms with Crippen LogP contribution in [0.4, 0.5) is 8.78 Å². The highest BCUT2D eigenvalue weighted by Crippen LogP contribution is 2.22. The SMILES string of the molecule is Cc1ccc(F)cc1CC(CN)c1ccc(F)cc1. The fourth-order valence-corrected chi connectivity index (χ4v) is 2.20. The fourth-order valence-electron chi connectivity index (χ4n) is 2.20. The lowest BCUT2D eigenvalue weighted by molar-refractivity contribution is 0.617. The zero-order valence-electron chi connectivity index (χ0n) is 10.9. The predicted molar refractivity (Wildman–Crippen MR) is 73.0 cm³/mol. The number of aryl methyl sites for hydroxylation is 1. The highest BCUT2D eigenvalue weighted by atomic mass is 19.1. The van der Waals surface area contributed by atoms with E-state index in [2.05, 4.69) is 0 Å². The molecule has 1 atom stereocenters. The van der Waals surface area contributed by atoms with Crippen LogP contribution in [0.5, 0.6) is 0 Å². The minimum atomic E-state index is -0.263. The molecular weight excluding hydrogens is 244 g/mol. The highest BCUT2D eigenvalue weighted by Gasteiger charge is 2.12. The summed E-state index contributed by atoms with van der Waals surface area (Å²) in [5.41, 5.74) is 8.76. The van der Waals surface area contributed by atoms with Crippen molar-refractivity contribution < 1.29 is 8.78 Å². The minimum Gasteiger partial charge on any atom is -0.330 e. The number of nitrogens with two attached hydrogens (primary N) is 1. The molecule has 0 amide bonds. The average molecular weight is 261 g/mol. The monoisotopic (exact) mass is 261 g/mol. The van der Waals surface area contributed by atoms with Gasteiger partial charge < -0.3 is 5.73 Å². The van der Waals surface area contributed by atoms with Crippen molar-refractivity contribution in [3.05, 3.63) is 70.8 Å². The number of halogens is 2. The zero-order chi connectivity index (χ0) is 13.8. The third kappa shape index (κ3) is 3.38. The van der Waals surface area contributed by atoms with Gasteiger partial charge in [0.15, 0.2) is 0 Å². The zero-order valence-corrected chi connectivity index (χ0v) is 10.9. The Morgan fingerprint density at radius 3 is 2.26 bits per heavy atom. The number of hydrogen-bond acceptors (Lipinski definition) is 1. The summed E-state index contributed by atoms with van der Waals surface area (Å²) in [6, 6.07) is 11.1. The van der Waals surface area contributed by atoms with E-state index < -0.39 is 0 Å². The first-order chi connectivity index (χ1) is 9.10. The van der Waals surface area contributed by atoms with E-state index in [1.54, 1.807) is 24.3 Å². The Morgan fingerprint density at radius 2 is 1.63 bits per heavy atom. The summed E-state index contributed by atoms with van der Waals surface area (Å²) in [6.07, 6.45) is 0.658. The van der Waals surface area contributed by atoms with E-state index in [-0.39, 0.29) is 17.6 Å². The molecule has 1 nitrogen and oxygen atoms in total. The van der Waals surface area contributed by atoms with Crippen LogP contribution < -0.4 is 5.73 Å². The van der Waals surface area contributed by atoms with Crippen LogP contribution in [-0.2, 0) is 6.42 Å². The van der Waals surface area contributed by atoms with Crippen LogP contribution >= 0.6 is 0 Å². The second-order valence-corrected chi connectivity index (χ2v) is 4.76. The van der Waals surface area contributed by atoms with Crippen LogP contribution in [-0.4, -0.2) is 6.54 Å². The van der Waals surface area contributed by atoms with Crippen LogP contribution in [0.1, 0.15) is 22.6 Å². The van der Waals surface area contributed by atoms with E-state index in [0.717, 1.165) is 16.7 Å². The molecule has 0 saturated heterocycles. The van der Waals surface area contributed by atoms with Gasteiger partial charge in [0.2, 0.25) is 0 Å². The summed E-state index contributed by atoms with van der Waals surface area (Å²) in [5.74, 6) is -0.432. The number of hydrogen-bond donors (Lipinski definition) is 1. The Hall–Kier alpha value is -1.74. The molecule has 1 unspecified atom stereocenters. The largest absolute Gasteiger partial charge is 0.330 e. The fraction of sp³-hybridized carbons (Fsp3) is 0.250. The van der Waals surface area contributed by atoms with Gasteiger partial charge in [0.25, 0.3) is 0 Å². The van der Waals surface area contributed by atoms with Crippen molar-refractivity contribution in [1.82, 2.24) is 0 Å². The van der Waals surface area contributed by atoms with Gasteiger partial charge in [-0.3, -0.25) is 0 Å². The Morgan fingerprint density at radius 1 is 1.00 bits per heavy atom. The Kier molecular flexibility index (Phi) is 4.27. The normalized spacial score (nSPS) is 12.4. The van der Waals surface area contributed by atoms with E-state index in [9.17, 15) is 8.78 Å². The van der Waals surface area contributed by atoms with Crippen LogP contribution in [0, 0.1) is 18.6 Å². The second-order valence-electron chi connectivity index (χ2n) is 4.76. The molecule has 0 saturated carbocycles. The van der Waals surface area contributed by atoms with E-state index in [4.69, 9.17) is 5.73 Å². The van der Waals surface area contributed by atoms with Crippen molar-refractivity contribution >= 4 is 0 Å².